The molecule has 0 saturated carbocycles. The zero-order valence-corrected chi connectivity index (χ0v) is 13.3. The van der Waals surface area contributed by atoms with E-state index in [1.165, 1.54) is 6.07 Å². The SMILES string of the molecule is [C-]#[N+]c1cccc2c1oc1c(-c3cccc[n+]3C)c(C)c(F)cc12. The summed E-state index contributed by atoms with van der Waals surface area (Å²) in [5.41, 5.74) is 3.68. The predicted octanol–water partition coefficient (Wildman–Crippen LogP) is 5.08. The van der Waals surface area contributed by atoms with Crippen molar-refractivity contribution in [1.82, 2.24) is 0 Å². The van der Waals surface area contributed by atoms with E-state index in [2.05, 4.69) is 4.85 Å². The van der Waals surface area contributed by atoms with Gasteiger partial charge in [0.1, 0.15) is 24.0 Å². The molecule has 0 unspecified atom stereocenters. The molecule has 2 aromatic carbocycles. The monoisotopic (exact) mass is 317 g/mol. The molecular weight excluding hydrogens is 303 g/mol. The number of aryl methyl sites for hydroxylation is 1. The molecule has 3 nitrogen and oxygen atoms in total. The third kappa shape index (κ3) is 1.92. The molecule has 0 aliphatic carbocycles. The van der Waals surface area contributed by atoms with Crippen molar-refractivity contribution in [1.29, 1.82) is 0 Å². The minimum absolute atomic E-state index is 0.280. The highest BCUT2D eigenvalue weighted by Gasteiger charge is 2.23. The van der Waals surface area contributed by atoms with Crippen molar-refractivity contribution in [3.05, 3.63) is 71.5 Å². The van der Waals surface area contributed by atoms with E-state index in [0.717, 1.165) is 16.6 Å². The highest BCUT2D eigenvalue weighted by atomic mass is 19.1. The van der Waals surface area contributed by atoms with Crippen LogP contribution in [0, 0.1) is 19.3 Å². The van der Waals surface area contributed by atoms with Crippen LogP contribution in [0.25, 0.3) is 38.0 Å². The molecule has 0 radical (unpaired) electrons. The highest BCUT2D eigenvalue weighted by Crippen LogP contribution is 2.40. The first-order chi connectivity index (χ1) is 11.6. The summed E-state index contributed by atoms with van der Waals surface area (Å²) in [6, 6.07) is 12.6. The van der Waals surface area contributed by atoms with Crippen LogP contribution in [0.2, 0.25) is 0 Å². The fourth-order valence-corrected chi connectivity index (χ4v) is 3.16. The van der Waals surface area contributed by atoms with Gasteiger partial charge in [0.25, 0.3) is 0 Å². The second kappa shape index (κ2) is 5.17. The Bertz CT molecular complexity index is 1150. The number of pyridine rings is 1. The van der Waals surface area contributed by atoms with Crippen molar-refractivity contribution >= 4 is 27.6 Å². The molecule has 4 heteroatoms. The van der Waals surface area contributed by atoms with E-state index >= 15 is 0 Å². The third-order valence-electron chi connectivity index (χ3n) is 4.40. The van der Waals surface area contributed by atoms with Crippen molar-refractivity contribution in [3.8, 4) is 11.3 Å². The van der Waals surface area contributed by atoms with Crippen LogP contribution in [-0.4, -0.2) is 0 Å². The van der Waals surface area contributed by atoms with Gasteiger partial charge in [0.15, 0.2) is 6.20 Å². The average Bonchev–Trinajstić information content (AvgIpc) is 2.95. The molecule has 4 rings (SSSR count). The molecule has 0 fully saturated rings. The first-order valence-corrected chi connectivity index (χ1v) is 7.58. The smallest absolute Gasteiger partial charge is 0.229 e. The van der Waals surface area contributed by atoms with E-state index < -0.39 is 0 Å². The molecule has 0 N–H and O–H groups in total. The fraction of sp³-hybridized carbons (Fsp3) is 0.100. The fourth-order valence-electron chi connectivity index (χ4n) is 3.16. The molecule has 0 saturated heterocycles. The van der Waals surface area contributed by atoms with Crippen molar-refractivity contribution in [2.75, 3.05) is 0 Å². The zero-order valence-electron chi connectivity index (χ0n) is 13.3. The zero-order chi connectivity index (χ0) is 16.8. The van der Waals surface area contributed by atoms with Crippen LogP contribution >= 0.6 is 0 Å². The van der Waals surface area contributed by atoms with Crippen LogP contribution in [0.3, 0.4) is 0 Å². The van der Waals surface area contributed by atoms with Gasteiger partial charge in [-0.25, -0.2) is 13.8 Å². The first-order valence-electron chi connectivity index (χ1n) is 7.58. The lowest BCUT2D eigenvalue weighted by molar-refractivity contribution is -0.660. The normalized spacial score (nSPS) is 11.1. The van der Waals surface area contributed by atoms with E-state index in [0.29, 0.717) is 27.8 Å². The number of aromatic nitrogens is 1. The minimum atomic E-state index is -0.280. The van der Waals surface area contributed by atoms with Gasteiger partial charge >= 0.3 is 0 Å². The number of benzene rings is 2. The molecule has 2 heterocycles. The van der Waals surface area contributed by atoms with Crippen LogP contribution < -0.4 is 4.57 Å². The summed E-state index contributed by atoms with van der Waals surface area (Å²) in [5, 5.41) is 1.45. The number of furan rings is 1. The van der Waals surface area contributed by atoms with Crippen LogP contribution in [0.15, 0.2) is 53.1 Å². The molecule has 0 aliphatic heterocycles. The number of rotatable bonds is 1. The molecule has 0 spiro atoms. The van der Waals surface area contributed by atoms with Gasteiger partial charge in [-0.2, -0.15) is 0 Å². The molecule has 4 aromatic rings. The molecule has 116 valence electrons. The van der Waals surface area contributed by atoms with Crippen LogP contribution in [0.5, 0.6) is 0 Å². The maximum Gasteiger partial charge on any atom is 0.229 e. The van der Waals surface area contributed by atoms with Gasteiger partial charge in [-0.1, -0.05) is 18.2 Å². The summed E-state index contributed by atoms with van der Waals surface area (Å²) in [5.74, 6) is -0.280. The number of hydrogen-bond donors (Lipinski definition) is 0. The first kappa shape index (κ1) is 14.4. The van der Waals surface area contributed by atoms with Gasteiger partial charge in [0.2, 0.25) is 11.4 Å². The van der Waals surface area contributed by atoms with Crippen molar-refractivity contribution in [2.45, 2.75) is 6.92 Å². The lowest BCUT2D eigenvalue weighted by Gasteiger charge is -2.06. The van der Waals surface area contributed by atoms with Gasteiger partial charge in [0, 0.05) is 28.5 Å². The van der Waals surface area contributed by atoms with Gasteiger partial charge in [-0.05, 0) is 19.1 Å². The second-order valence-electron chi connectivity index (χ2n) is 5.80. The Labute approximate surface area is 138 Å². The second-order valence-corrected chi connectivity index (χ2v) is 5.80. The summed E-state index contributed by atoms with van der Waals surface area (Å²) in [7, 11) is 1.92. The molecular formula is C20H14FN2O+. The highest BCUT2D eigenvalue weighted by molar-refractivity contribution is 6.12. The Kier molecular flexibility index (Phi) is 3.10. The lowest BCUT2D eigenvalue weighted by Crippen LogP contribution is -2.30. The molecule has 0 aliphatic rings. The van der Waals surface area contributed by atoms with Gasteiger partial charge in [-0.15, -0.1) is 0 Å². The summed E-state index contributed by atoms with van der Waals surface area (Å²) < 4.78 is 22.6. The van der Waals surface area contributed by atoms with E-state index in [-0.39, 0.29) is 5.82 Å². The van der Waals surface area contributed by atoms with Gasteiger partial charge < -0.3 is 4.42 Å². The number of halogens is 1. The van der Waals surface area contributed by atoms with Crippen LogP contribution in [0.4, 0.5) is 10.1 Å². The Morgan fingerprint density at radius 1 is 1.08 bits per heavy atom. The largest absolute Gasteiger partial charge is 0.466 e. The predicted molar refractivity (Wildman–Crippen MR) is 91.3 cm³/mol. The van der Waals surface area contributed by atoms with Crippen molar-refractivity contribution in [3.63, 3.8) is 0 Å². The standard InChI is InChI=1S/C20H14FN2O/c1-12-15(21)11-14-13-7-6-8-16(22-2)19(13)24-20(14)18(12)17-9-4-5-10-23(17)3/h4-11H,1,3H3/q+1. The summed E-state index contributed by atoms with van der Waals surface area (Å²) >= 11 is 0. The molecule has 0 atom stereocenters. The number of fused-ring (bicyclic) bond motifs is 3. The van der Waals surface area contributed by atoms with Gasteiger partial charge in [-0.3, -0.25) is 0 Å². The number of hydrogen-bond acceptors (Lipinski definition) is 1. The quantitative estimate of drug-likeness (QED) is 0.354. The average molecular weight is 317 g/mol. The summed E-state index contributed by atoms with van der Waals surface area (Å²) in [6.45, 7) is 9.07. The third-order valence-corrected chi connectivity index (χ3v) is 4.40. The summed E-state index contributed by atoms with van der Waals surface area (Å²) in [4.78, 5) is 3.52. The van der Waals surface area contributed by atoms with Gasteiger partial charge in [0.05, 0.1) is 12.1 Å². The van der Waals surface area contributed by atoms with Crippen LogP contribution in [-0.2, 0) is 7.05 Å². The van der Waals surface area contributed by atoms with Crippen molar-refractivity contribution < 1.29 is 13.4 Å². The topological polar surface area (TPSA) is 21.4 Å². The molecule has 24 heavy (non-hydrogen) atoms. The Morgan fingerprint density at radius 2 is 1.92 bits per heavy atom. The maximum absolute atomic E-state index is 14.6. The number of nitrogens with zero attached hydrogens (tertiary/aromatic N) is 2. The Balaban J connectivity index is 2.23. The van der Waals surface area contributed by atoms with E-state index in [9.17, 15) is 4.39 Å². The maximum atomic E-state index is 14.6. The van der Waals surface area contributed by atoms with E-state index in [4.69, 9.17) is 11.0 Å². The molecule has 0 amide bonds. The molecule has 2 aromatic heterocycles. The Hall–Kier alpha value is -3.19. The minimum Gasteiger partial charge on any atom is -0.466 e. The summed E-state index contributed by atoms with van der Waals surface area (Å²) in [6.07, 6.45) is 1.92. The van der Waals surface area contributed by atoms with Crippen molar-refractivity contribution in [2.24, 2.45) is 7.05 Å². The van der Waals surface area contributed by atoms with E-state index in [1.807, 2.05) is 42.1 Å². The lowest BCUT2D eigenvalue weighted by atomic mass is 10.00. The molecule has 0 bridgehead atoms. The Morgan fingerprint density at radius 3 is 2.67 bits per heavy atom. The number of para-hydroxylation sites is 1. The van der Waals surface area contributed by atoms with E-state index in [1.54, 1.807) is 19.1 Å². The van der Waals surface area contributed by atoms with Crippen LogP contribution in [0.1, 0.15) is 5.56 Å².